The Bertz CT molecular complexity index is 1340. The molecule has 0 fully saturated rings. The molecule has 1 atom stereocenters. The van der Waals surface area contributed by atoms with Gasteiger partial charge in [-0.3, -0.25) is 14.4 Å². The van der Waals surface area contributed by atoms with E-state index >= 15 is 0 Å². The zero-order chi connectivity index (χ0) is 57.8. The molecule has 0 spiro atoms. The number of hydrogen-bond acceptors (Lipinski definition) is 6. The fourth-order valence-corrected chi connectivity index (χ4v) is 10.9. The molecule has 80 heavy (non-hydrogen) atoms. The van der Waals surface area contributed by atoms with Gasteiger partial charge in [0.05, 0.1) is 0 Å². The van der Waals surface area contributed by atoms with Crippen LogP contribution < -0.4 is 0 Å². The van der Waals surface area contributed by atoms with Crippen molar-refractivity contribution < 1.29 is 28.6 Å². The van der Waals surface area contributed by atoms with Gasteiger partial charge in [-0.15, -0.1) is 0 Å². The van der Waals surface area contributed by atoms with E-state index in [2.05, 4.69) is 57.2 Å². The molecule has 1 unspecified atom stereocenters. The lowest BCUT2D eigenvalue weighted by atomic mass is 10.0. The molecule has 6 nitrogen and oxygen atoms in total. The van der Waals surface area contributed by atoms with E-state index in [1.165, 1.54) is 289 Å². The third kappa shape index (κ3) is 66.4. The number of carbonyl (C=O) groups is 3. The van der Waals surface area contributed by atoms with E-state index in [0.29, 0.717) is 19.3 Å². The van der Waals surface area contributed by atoms with Crippen LogP contribution in [0.15, 0.2) is 36.5 Å². The third-order valence-corrected chi connectivity index (χ3v) is 16.4. The van der Waals surface area contributed by atoms with Gasteiger partial charge in [-0.1, -0.05) is 340 Å². The van der Waals surface area contributed by atoms with Crippen LogP contribution >= 0.6 is 0 Å². The first-order chi connectivity index (χ1) is 39.5. The van der Waals surface area contributed by atoms with E-state index in [0.717, 1.165) is 70.6 Å². The molecule has 470 valence electrons. The summed E-state index contributed by atoms with van der Waals surface area (Å²) in [5, 5.41) is 0. The first-order valence-electron chi connectivity index (χ1n) is 36.0. The van der Waals surface area contributed by atoms with Gasteiger partial charge in [0.15, 0.2) is 6.10 Å². The van der Waals surface area contributed by atoms with Crippen molar-refractivity contribution in [2.24, 2.45) is 0 Å². The Kier molecular flexibility index (Phi) is 67.1. The Morgan fingerprint density at radius 2 is 0.450 bits per heavy atom. The molecule has 0 aliphatic rings. The number of esters is 3. The van der Waals surface area contributed by atoms with Gasteiger partial charge in [0.1, 0.15) is 13.2 Å². The standard InChI is InChI=1S/C74H138O6/c1-4-7-10-13-16-19-22-25-28-31-32-33-34-35-36-37-38-39-40-41-44-46-49-52-55-58-61-64-67-73(76)79-70-71(80-74(77)68-65-62-59-56-53-50-47-43-30-27-24-21-18-15-12-9-6-3)69-78-72(75)66-63-60-57-54-51-48-45-42-29-26-23-20-17-14-11-8-5-2/h18,21,26-27,29-30,71H,4-17,19-20,22-25,28,31-70H2,1-3H3/b21-18-,29-26-,30-27-. The number of allylic oxidation sites excluding steroid dienone is 6. The summed E-state index contributed by atoms with van der Waals surface area (Å²) in [6, 6.07) is 0. The molecule has 0 aromatic heterocycles. The SMILES string of the molecule is CCCCC/C=C\C/C=C\CCCCCCCCCC(=O)OC(COC(=O)CCCCCCCCC/C=C\CCCCCCCC)COC(=O)CCCCCCCCCCCCCCCCCCCCCCCCCCCCCC. The quantitative estimate of drug-likeness (QED) is 0.0261. The maximum atomic E-state index is 12.9. The molecule has 0 radical (unpaired) electrons. The molecule has 0 saturated heterocycles. The fourth-order valence-electron chi connectivity index (χ4n) is 10.9. The van der Waals surface area contributed by atoms with Gasteiger partial charge >= 0.3 is 17.9 Å². The lowest BCUT2D eigenvalue weighted by molar-refractivity contribution is -0.167. The van der Waals surface area contributed by atoms with E-state index in [9.17, 15) is 14.4 Å². The topological polar surface area (TPSA) is 78.9 Å². The number of unbranched alkanes of at least 4 members (excludes halogenated alkanes) is 50. The minimum Gasteiger partial charge on any atom is -0.462 e. The van der Waals surface area contributed by atoms with Crippen molar-refractivity contribution in [3.63, 3.8) is 0 Å². The maximum absolute atomic E-state index is 12.9. The van der Waals surface area contributed by atoms with Gasteiger partial charge in [-0.25, -0.2) is 0 Å². The van der Waals surface area contributed by atoms with Crippen LogP contribution in [0.3, 0.4) is 0 Å². The first-order valence-corrected chi connectivity index (χ1v) is 36.0. The Morgan fingerprint density at radius 3 is 0.725 bits per heavy atom. The summed E-state index contributed by atoms with van der Waals surface area (Å²) in [6.45, 7) is 6.68. The molecule has 0 aromatic rings. The fraction of sp³-hybridized carbons (Fsp3) is 0.878. The van der Waals surface area contributed by atoms with Crippen LogP contribution in [0.2, 0.25) is 0 Å². The van der Waals surface area contributed by atoms with Crippen molar-refractivity contribution in [1.29, 1.82) is 0 Å². The number of ether oxygens (including phenoxy) is 3. The summed E-state index contributed by atoms with van der Waals surface area (Å²) >= 11 is 0. The predicted octanol–water partition coefficient (Wildman–Crippen LogP) is 24.7. The number of rotatable bonds is 67. The maximum Gasteiger partial charge on any atom is 0.306 e. The van der Waals surface area contributed by atoms with Crippen LogP contribution in [0.25, 0.3) is 0 Å². The van der Waals surface area contributed by atoms with Crippen molar-refractivity contribution in [2.45, 2.75) is 406 Å². The van der Waals surface area contributed by atoms with Gasteiger partial charge in [-0.05, 0) is 77.0 Å². The van der Waals surface area contributed by atoms with Gasteiger partial charge < -0.3 is 14.2 Å². The summed E-state index contributed by atoms with van der Waals surface area (Å²) in [5.41, 5.74) is 0. The summed E-state index contributed by atoms with van der Waals surface area (Å²) in [4.78, 5) is 38.4. The zero-order valence-corrected chi connectivity index (χ0v) is 54.1. The molecule has 0 bridgehead atoms. The molecule has 0 rings (SSSR count). The second-order valence-electron chi connectivity index (χ2n) is 24.5. The molecule has 0 aliphatic heterocycles. The highest BCUT2D eigenvalue weighted by Gasteiger charge is 2.19. The molecule has 0 saturated carbocycles. The molecule has 0 aliphatic carbocycles. The van der Waals surface area contributed by atoms with Crippen LogP contribution in [0, 0.1) is 0 Å². The first kappa shape index (κ1) is 77.6. The van der Waals surface area contributed by atoms with Gasteiger partial charge in [0.25, 0.3) is 0 Å². The van der Waals surface area contributed by atoms with Crippen molar-refractivity contribution in [2.75, 3.05) is 13.2 Å². The molecular weight excluding hydrogens is 985 g/mol. The summed E-state index contributed by atoms with van der Waals surface area (Å²) in [5.74, 6) is -0.856. The molecule has 6 heteroatoms. The van der Waals surface area contributed by atoms with E-state index in [1.54, 1.807) is 0 Å². The Morgan fingerprint density at radius 1 is 0.250 bits per heavy atom. The molecule has 0 N–H and O–H groups in total. The van der Waals surface area contributed by atoms with Crippen molar-refractivity contribution in [3.05, 3.63) is 36.5 Å². The van der Waals surface area contributed by atoms with Gasteiger partial charge in [0, 0.05) is 19.3 Å². The van der Waals surface area contributed by atoms with Crippen molar-refractivity contribution >= 4 is 17.9 Å². The van der Waals surface area contributed by atoms with Crippen LogP contribution in [0.5, 0.6) is 0 Å². The number of carbonyl (C=O) groups excluding carboxylic acids is 3. The Hall–Kier alpha value is -2.37. The minimum atomic E-state index is -0.777. The van der Waals surface area contributed by atoms with Crippen LogP contribution in [-0.4, -0.2) is 37.2 Å². The molecule has 0 amide bonds. The smallest absolute Gasteiger partial charge is 0.306 e. The van der Waals surface area contributed by atoms with E-state index in [1.807, 2.05) is 0 Å². The zero-order valence-electron chi connectivity index (χ0n) is 54.1. The normalized spacial score (nSPS) is 12.2. The molecule has 0 aromatic carbocycles. The highest BCUT2D eigenvalue weighted by atomic mass is 16.6. The minimum absolute atomic E-state index is 0.0722. The Labute approximate surface area is 499 Å². The van der Waals surface area contributed by atoms with Crippen LogP contribution in [0.4, 0.5) is 0 Å². The van der Waals surface area contributed by atoms with Gasteiger partial charge in [0.2, 0.25) is 0 Å². The average molecular weight is 1120 g/mol. The number of hydrogen-bond donors (Lipinski definition) is 0. The second-order valence-corrected chi connectivity index (χ2v) is 24.5. The lowest BCUT2D eigenvalue weighted by Gasteiger charge is -2.18. The van der Waals surface area contributed by atoms with Crippen LogP contribution in [-0.2, 0) is 28.6 Å². The van der Waals surface area contributed by atoms with Gasteiger partial charge in [-0.2, -0.15) is 0 Å². The van der Waals surface area contributed by atoms with Crippen molar-refractivity contribution in [1.82, 2.24) is 0 Å². The molecular formula is C74H138O6. The van der Waals surface area contributed by atoms with Crippen molar-refractivity contribution in [3.8, 4) is 0 Å². The van der Waals surface area contributed by atoms with Crippen LogP contribution in [0.1, 0.15) is 400 Å². The summed E-state index contributed by atoms with van der Waals surface area (Å²) in [7, 11) is 0. The lowest BCUT2D eigenvalue weighted by Crippen LogP contribution is -2.30. The van der Waals surface area contributed by atoms with E-state index < -0.39 is 6.10 Å². The summed E-state index contributed by atoms with van der Waals surface area (Å²) < 4.78 is 17.0. The Balaban J connectivity index is 4.23. The largest absolute Gasteiger partial charge is 0.462 e. The highest BCUT2D eigenvalue weighted by molar-refractivity contribution is 5.71. The average Bonchev–Trinajstić information content (AvgIpc) is 3.46. The van der Waals surface area contributed by atoms with E-state index in [4.69, 9.17) is 14.2 Å². The second kappa shape index (κ2) is 69.1. The molecule has 0 heterocycles. The summed E-state index contributed by atoms with van der Waals surface area (Å²) in [6.07, 6.45) is 86.1. The predicted molar refractivity (Wildman–Crippen MR) is 349 cm³/mol. The highest BCUT2D eigenvalue weighted by Crippen LogP contribution is 2.19. The van der Waals surface area contributed by atoms with E-state index in [-0.39, 0.29) is 31.1 Å². The monoisotopic (exact) mass is 1120 g/mol. The third-order valence-electron chi connectivity index (χ3n) is 16.4.